The molecule has 2 aliphatic rings. The van der Waals surface area contributed by atoms with Gasteiger partial charge in [0.05, 0.1) is 12.0 Å². The number of hydrogen-bond acceptors (Lipinski definition) is 3. The molecule has 0 aliphatic carbocycles. The molecule has 3 atom stereocenters. The van der Waals surface area contributed by atoms with Gasteiger partial charge in [-0.1, -0.05) is 23.7 Å². The van der Waals surface area contributed by atoms with Crippen molar-refractivity contribution in [3.8, 4) is 0 Å². The first-order valence-corrected chi connectivity index (χ1v) is 13.8. The summed E-state index contributed by atoms with van der Waals surface area (Å²) in [7, 11) is 0. The van der Waals surface area contributed by atoms with E-state index in [4.69, 9.17) is 11.6 Å². The third-order valence-electron chi connectivity index (χ3n) is 8.13. The van der Waals surface area contributed by atoms with E-state index in [9.17, 15) is 18.4 Å². The molecule has 206 valence electrons. The Labute approximate surface area is 229 Å². The maximum absolute atomic E-state index is 14.8. The maximum Gasteiger partial charge on any atom is 0.227 e. The highest BCUT2D eigenvalue weighted by Crippen LogP contribution is 2.40. The normalized spacial score (nSPS) is 21.9. The Morgan fingerprint density at radius 3 is 2.29 bits per heavy atom. The van der Waals surface area contributed by atoms with E-state index in [2.05, 4.69) is 31.0 Å². The van der Waals surface area contributed by atoms with E-state index < -0.39 is 17.6 Å². The number of halogens is 3. The van der Waals surface area contributed by atoms with Crippen molar-refractivity contribution in [2.45, 2.75) is 70.9 Å². The lowest BCUT2D eigenvalue weighted by Crippen LogP contribution is -2.44. The van der Waals surface area contributed by atoms with Gasteiger partial charge in [0, 0.05) is 55.6 Å². The van der Waals surface area contributed by atoms with E-state index in [0.29, 0.717) is 36.8 Å². The van der Waals surface area contributed by atoms with E-state index in [1.807, 2.05) is 30.0 Å². The average molecular weight is 546 g/mol. The summed E-state index contributed by atoms with van der Waals surface area (Å²) in [4.78, 5) is 29.7. The molecular formula is C30H38ClF2N3O2. The second kappa shape index (κ2) is 11.3. The molecule has 1 N–H and O–H groups in total. The lowest BCUT2D eigenvalue weighted by Gasteiger charge is -2.36. The van der Waals surface area contributed by atoms with Gasteiger partial charge >= 0.3 is 0 Å². The van der Waals surface area contributed by atoms with Gasteiger partial charge in [-0.3, -0.25) is 14.5 Å². The largest absolute Gasteiger partial charge is 0.350 e. The summed E-state index contributed by atoms with van der Waals surface area (Å²) in [6, 6.07) is 9.32. The molecule has 38 heavy (non-hydrogen) atoms. The lowest BCUT2D eigenvalue weighted by atomic mass is 9.83. The highest BCUT2D eigenvalue weighted by atomic mass is 35.5. The summed E-state index contributed by atoms with van der Waals surface area (Å²) < 4.78 is 28.5. The van der Waals surface area contributed by atoms with Crippen LogP contribution in [0, 0.1) is 17.6 Å². The first-order valence-electron chi connectivity index (χ1n) is 13.4. The van der Waals surface area contributed by atoms with Gasteiger partial charge in [0.15, 0.2) is 0 Å². The summed E-state index contributed by atoms with van der Waals surface area (Å²) in [6.45, 7) is 12.0. The third-order valence-corrected chi connectivity index (χ3v) is 8.36. The predicted octanol–water partition coefficient (Wildman–Crippen LogP) is 6.04. The van der Waals surface area contributed by atoms with Crippen LogP contribution in [0.2, 0.25) is 5.02 Å². The van der Waals surface area contributed by atoms with E-state index in [1.165, 1.54) is 19.1 Å². The van der Waals surface area contributed by atoms with Crippen LogP contribution in [0.5, 0.6) is 0 Å². The van der Waals surface area contributed by atoms with Crippen LogP contribution in [0.15, 0.2) is 36.4 Å². The fourth-order valence-corrected chi connectivity index (χ4v) is 6.22. The van der Waals surface area contributed by atoms with Gasteiger partial charge in [0.1, 0.15) is 11.6 Å². The van der Waals surface area contributed by atoms with Crippen LogP contribution in [-0.4, -0.2) is 53.3 Å². The molecule has 2 aliphatic heterocycles. The zero-order valence-corrected chi connectivity index (χ0v) is 23.6. The molecule has 8 heteroatoms. The van der Waals surface area contributed by atoms with Crippen molar-refractivity contribution in [1.29, 1.82) is 0 Å². The molecule has 4 rings (SSSR count). The number of nitrogens with one attached hydrogen (secondary N) is 1. The topological polar surface area (TPSA) is 52.7 Å². The van der Waals surface area contributed by atoms with Gasteiger partial charge in [-0.15, -0.1) is 0 Å². The molecule has 0 radical (unpaired) electrons. The highest BCUT2D eigenvalue weighted by Gasteiger charge is 2.44. The van der Waals surface area contributed by atoms with Gasteiger partial charge in [-0.25, -0.2) is 8.78 Å². The van der Waals surface area contributed by atoms with Crippen LogP contribution in [0.25, 0.3) is 0 Å². The van der Waals surface area contributed by atoms with Crippen LogP contribution < -0.4 is 5.32 Å². The van der Waals surface area contributed by atoms with E-state index in [-0.39, 0.29) is 35.2 Å². The van der Waals surface area contributed by atoms with E-state index >= 15 is 0 Å². The summed E-state index contributed by atoms with van der Waals surface area (Å²) >= 11 is 6.28. The Hall–Kier alpha value is -2.51. The van der Waals surface area contributed by atoms with Crippen molar-refractivity contribution >= 4 is 23.4 Å². The van der Waals surface area contributed by atoms with Crippen molar-refractivity contribution in [1.82, 2.24) is 15.1 Å². The zero-order chi connectivity index (χ0) is 27.8. The lowest BCUT2D eigenvalue weighted by molar-refractivity contribution is -0.136. The molecule has 2 unspecified atom stereocenters. The minimum atomic E-state index is -0.615. The van der Waals surface area contributed by atoms with Crippen LogP contribution >= 0.6 is 11.6 Å². The van der Waals surface area contributed by atoms with Gasteiger partial charge < -0.3 is 10.2 Å². The number of carbonyl (C=O) groups is 2. The summed E-state index contributed by atoms with van der Waals surface area (Å²) in [5, 5.41) is 3.58. The molecule has 2 aromatic carbocycles. The van der Waals surface area contributed by atoms with Gasteiger partial charge in [-0.2, -0.15) is 0 Å². The first-order chi connectivity index (χ1) is 17.8. The van der Waals surface area contributed by atoms with Crippen LogP contribution in [0.4, 0.5) is 8.78 Å². The quantitative estimate of drug-likeness (QED) is 0.499. The molecule has 0 saturated carbocycles. The minimum absolute atomic E-state index is 0.0341. The number of piperidine rings is 1. The number of hydrogen-bond donors (Lipinski definition) is 1. The van der Waals surface area contributed by atoms with E-state index in [0.717, 1.165) is 30.0 Å². The standard InChI is InChI=1S/C30H38ClF2N3O2/c1-18(34-19(2)37)25-14-21(31)6-8-23(25)20-10-12-35(13-11-20)29(38)27-17-36(30(3,4)5)16-26(27)24-9-7-22(32)15-28(24)33/h6-9,14-15,18,20,26-27H,10-13,16-17H2,1-5H3,(H,34,37)/t18-,26?,27?/m1/s1. The van der Waals surface area contributed by atoms with Crippen molar-refractivity contribution < 1.29 is 18.4 Å². The van der Waals surface area contributed by atoms with E-state index in [1.54, 1.807) is 0 Å². The first kappa shape index (κ1) is 28.5. The molecule has 2 heterocycles. The average Bonchev–Trinajstić information content (AvgIpc) is 3.29. The second-order valence-corrected chi connectivity index (χ2v) is 12.2. The van der Waals surface area contributed by atoms with Gasteiger partial charge in [0.2, 0.25) is 11.8 Å². The molecule has 2 amide bonds. The summed E-state index contributed by atoms with van der Waals surface area (Å²) in [5.41, 5.74) is 2.38. The van der Waals surface area contributed by atoms with Crippen molar-refractivity contribution in [2.75, 3.05) is 26.2 Å². The number of rotatable bonds is 5. The predicted molar refractivity (Wildman–Crippen MR) is 146 cm³/mol. The van der Waals surface area contributed by atoms with Gasteiger partial charge in [-0.05, 0) is 81.3 Å². The molecule has 2 saturated heterocycles. The number of benzene rings is 2. The number of amides is 2. The number of likely N-dealkylation sites (tertiary alicyclic amines) is 2. The Balaban J connectivity index is 1.51. The Bertz CT molecular complexity index is 1190. The fraction of sp³-hybridized carbons (Fsp3) is 0.533. The number of nitrogens with zero attached hydrogens (tertiary/aromatic N) is 2. The van der Waals surface area contributed by atoms with Crippen molar-refractivity contribution in [3.05, 3.63) is 69.7 Å². The smallest absolute Gasteiger partial charge is 0.227 e. The zero-order valence-electron chi connectivity index (χ0n) is 22.9. The highest BCUT2D eigenvalue weighted by molar-refractivity contribution is 6.30. The van der Waals surface area contributed by atoms with Crippen molar-refractivity contribution in [3.63, 3.8) is 0 Å². The molecule has 0 aromatic heterocycles. The SMILES string of the molecule is CC(=O)N[C@H](C)c1cc(Cl)ccc1C1CCN(C(=O)C2CN(C(C)(C)C)CC2c2ccc(F)cc2F)CC1. The second-order valence-electron chi connectivity index (χ2n) is 11.7. The molecule has 0 bridgehead atoms. The molecular weight excluding hydrogens is 508 g/mol. The Morgan fingerprint density at radius 1 is 1.03 bits per heavy atom. The van der Waals surface area contributed by atoms with Gasteiger partial charge in [0.25, 0.3) is 0 Å². The number of carbonyl (C=O) groups excluding carboxylic acids is 2. The third kappa shape index (κ3) is 6.20. The van der Waals surface area contributed by atoms with Crippen LogP contribution in [0.3, 0.4) is 0 Å². The van der Waals surface area contributed by atoms with Crippen LogP contribution in [0.1, 0.15) is 82.0 Å². The summed E-state index contributed by atoms with van der Waals surface area (Å²) in [6.07, 6.45) is 1.58. The van der Waals surface area contributed by atoms with Crippen LogP contribution in [-0.2, 0) is 9.59 Å². The molecule has 2 aromatic rings. The molecule has 5 nitrogen and oxygen atoms in total. The minimum Gasteiger partial charge on any atom is -0.350 e. The fourth-order valence-electron chi connectivity index (χ4n) is 6.04. The summed E-state index contributed by atoms with van der Waals surface area (Å²) in [5.74, 6) is -1.76. The van der Waals surface area contributed by atoms with Crippen molar-refractivity contribution in [2.24, 2.45) is 5.92 Å². The Morgan fingerprint density at radius 2 is 1.68 bits per heavy atom. The monoisotopic (exact) mass is 545 g/mol. The maximum atomic E-state index is 14.8. The Kier molecular flexibility index (Phi) is 8.48. The molecule has 2 fully saturated rings. The molecule has 0 spiro atoms.